The predicted molar refractivity (Wildman–Crippen MR) is 107 cm³/mol. The third kappa shape index (κ3) is 4.36. The molecular formula is C16H18N6O2S3. The van der Waals surface area contributed by atoms with Crippen molar-refractivity contribution in [3.05, 3.63) is 27.1 Å². The van der Waals surface area contributed by atoms with Gasteiger partial charge in [0.25, 0.3) is 5.56 Å². The quantitative estimate of drug-likeness (QED) is 0.497. The third-order valence-corrected chi connectivity index (χ3v) is 7.38. The van der Waals surface area contributed by atoms with E-state index in [0.717, 1.165) is 17.8 Å². The van der Waals surface area contributed by atoms with E-state index in [1.165, 1.54) is 71.2 Å². The first kappa shape index (κ1) is 18.5. The first-order valence-corrected chi connectivity index (χ1v) is 11.3. The Labute approximate surface area is 167 Å². The fourth-order valence-corrected chi connectivity index (χ4v) is 5.85. The van der Waals surface area contributed by atoms with E-state index in [-0.39, 0.29) is 11.5 Å². The van der Waals surface area contributed by atoms with Gasteiger partial charge in [-0.1, -0.05) is 53.7 Å². The van der Waals surface area contributed by atoms with Crippen LogP contribution in [-0.2, 0) is 10.5 Å². The maximum atomic E-state index is 12.4. The molecule has 0 aromatic carbocycles. The zero-order valence-corrected chi connectivity index (χ0v) is 17.1. The Morgan fingerprint density at radius 3 is 2.89 bits per heavy atom. The lowest BCUT2D eigenvalue weighted by Crippen LogP contribution is -2.15. The van der Waals surface area contributed by atoms with Gasteiger partial charge in [0.15, 0.2) is 4.34 Å². The highest BCUT2D eigenvalue weighted by Crippen LogP contribution is 2.34. The van der Waals surface area contributed by atoms with Gasteiger partial charge in [0.2, 0.25) is 16.0 Å². The van der Waals surface area contributed by atoms with Crippen molar-refractivity contribution in [2.75, 3.05) is 5.32 Å². The third-order valence-electron chi connectivity index (χ3n) is 4.30. The van der Waals surface area contributed by atoms with Gasteiger partial charge in [-0.15, -0.1) is 10.2 Å². The molecule has 1 aliphatic carbocycles. The molecule has 0 bridgehead atoms. The van der Waals surface area contributed by atoms with E-state index in [0.29, 0.717) is 31.8 Å². The lowest BCUT2D eigenvalue weighted by Gasteiger charge is -2.18. The van der Waals surface area contributed by atoms with Crippen LogP contribution in [0.25, 0.3) is 4.96 Å². The maximum Gasteiger partial charge on any atom is 0.275 e. The number of hydrogen-bond acceptors (Lipinski definition) is 9. The number of nitrogens with zero attached hydrogens (tertiary/aromatic N) is 5. The summed E-state index contributed by atoms with van der Waals surface area (Å²) in [5, 5.41) is 16.6. The van der Waals surface area contributed by atoms with Gasteiger partial charge in [0.05, 0.1) is 5.69 Å². The van der Waals surface area contributed by atoms with E-state index >= 15 is 0 Å². The zero-order chi connectivity index (χ0) is 18.8. The van der Waals surface area contributed by atoms with Crippen LogP contribution >= 0.6 is 34.4 Å². The molecule has 11 heteroatoms. The zero-order valence-electron chi connectivity index (χ0n) is 14.7. The van der Waals surface area contributed by atoms with Crippen molar-refractivity contribution in [3.63, 3.8) is 0 Å². The van der Waals surface area contributed by atoms with Crippen molar-refractivity contribution in [3.8, 4) is 0 Å². The Kier molecular flexibility index (Phi) is 5.50. The first-order chi connectivity index (χ1) is 13.1. The Hall–Kier alpha value is -1.85. The molecule has 1 saturated carbocycles. The fourth-order valence-electron chi connectivity index (χ4n) is 3.06. The van der Waals surface area contributed by atoms with E-state index < -0.39 is 0 Å². The SMILES string of the molecule is CC(=O)Nc1nnc(SCc2cc(=O)n3nc(C4CCCCC4)sc3n2)s1. The Balaban J connectivity index is 1.49. The van der Waals surface area contributed by atoms with Crippen LogP contribution in [-0.4, -0.2) is 30.7 Å². The van der Waals surface area contributed by atoms with Crippen LogP contribution in [0.4, 0.5) is 5.13 Å². The van der Waals surface area contributed by atoms with E-state index in [2.05, 4.69) is 25.6 Å². The topological polar surface area (TPSA) is 102 Å². The van der Waals surface area contributed by atoms with E-state index in [4.69, 9.17) is 0 Å². The number of thioether (sulfide) groups is 1. The summed E-state index contributed by atoms with van der Waals surface area (Å²) in [7, 11) is 0. The summed E-state index contributed by atoms with van der Waals surface area (Å²) in [5.41, 5.74) is 0.547. The monoisotopic (exact) mass is 422 g/mol. The summed E-state index contributed by atoms with van der Waals surface area (Å²) < 4.78 is 2.13. The van der Waals surface area contributed by atoms with E-state index in [1.807, 2.05) is 0 Å². The highest BCUT2D eigenvalue weighted by Gasteiger charge is 2.20. The molecule has 1 amide bonds. The van der Waals surface area contributed by atoms with Crippen molar-refractivity contribution in [2.45, 2.75) is 55.0 Å². The van der Waals surface area contributed by atoms with Crippen molar-refractivity contribution in [1.29, 1.82) is 0 Å². The van der Waals surface area contributed by atoms with Crippen LogP contribution in [0, 0.1) is 0 Å². The normalized spacial score (nSPS) is 15.3. The van der Waals surface area contributed by atoms with Gasteiger partial charge in [0.1, 0.15) is 5.01 Å². The number of carbonyl (C=O) groups excluding carboxylic acids is 1. The van der Waals surface area contributed by atoms with Crippen molar-refractivity contribution < 1.29 is 4.79 Å². The van der Waals surface area contributed by atoms with Gasteiger partial charge in [-0.05, 0) is 12.8 Å². The molecular weight excluding hydrogens is 404 g/mol. The van der Waals surface area contributed by atoms with Crippen LogP contribution in [0.3, 0.4) is 0 Å². The Bertz CT molecular complexity index is 1020. The molecule has 8 nitrogen and oxygen atoms in total. The Morgan fingerprint density at radius 1 is 1.30 bits per heavy atom. The minimum atomic E-state index is -0.179. The first-order valence-electron chi connectivity index (χ1n) is 8.72. The highest BCUT2D eigenvalue weighted by atomic mass is 32.2. The second-order valence-electron chi connectivity index (χ2n) is 6.40. The highest BCUT2D eigenvalue weighted by molar-refractivity contribution is 8.00. The molecule has 1 aliphatic rings. The number of aromatic nitrogens is 5. The molecule has 0 aliphatic heterocycles. The number of hydrogen-bond donors (Lipinski definition) is 1. The average molecular weight is 423 g/mol. The Morgan fingerprint density at radius 2 is 2.11 bits per heavy atom. The van der Waals surface area contributed by atoms with Gasteiger partial charge in [0, 0.05) is 24.7 Å². The summed E-state index contributed by atoms with van der Waals surface area (Å²) in [6, 6.07) is 1.53. The smallest absolute Gasteiger partial charge is 0.275 e. The van der Waals surface area contributed by atoms with E-state index in [9.17, 15) is 9.59 Å². The maximum absolute atomic E-state index is 12.4. The number of fused-ring (bicyclic) bond motifs is 1. The van der Waals surface area contributed by atoms with Crippen molar-refractivity contribution in [1.82, 2.24) is 24.8 Å². The van der Waals surface area contributed by atoms with Crippen LogP contribution in [0.5, 0.6) is 0 Å². The standard InChI is InChI=1S/C16H18N6O2S3/c1-9(23)17-14-19-20-16(27-14)25-8-11-7-12(24)22-15(18-11)26-13(21-22)10-5-3-2-4-6-10/h7,10H,2-6,8H2,1H3,(H,17,19,23). The predicted octanol–water partition coefficient (Wildman–Crippen LogP) is 3.30. The van der Waals surface area contributed by atoms with Crippen LogP contribution < -0.4 is 10.9 Å². The van der Waals surface area contributed by atoms with Crippen molar-refractivity contribution >= 4 is 50.4 Å². The molecule has 27 heavy (non-hydrogen) atoms. The van der Waals surface area contributed by atoms with Gasteiger partial charge in [-0.3, -0.25) is 9.59 Å². The summed E-state index contributed by atoms with van der Waals surface area (Å²) in [5.74, 6) is 0.787. The molecule has 3 aromatic rings. The average Bonchev–Trinajstić information content (AvgIpc) is 3.27. The molecule has 3 heterocycles. The van der Waals surface area contributed by atoms with Crippen LogP contribution in [0.2, 0.25) is 0 Å². The minimum absolute atomic E-state index is 0.148. The fraction of sp³-hybridized carbons (Fsp3) is 0.500. The van der Waals surface area contributed by atoms with Crippen LogP contribution in [0.15, 0.2) is 15.2 Å². The van der Waals surface area contributed by atoms with Gasteiger partial charge in [-0.25, -0.2) is 4.98 Å². The van der Waals surface area contributed by atoms with Gasteiger partial charge in [-0.2, -0.15) is 9.61 Å². The second-order valence-corrected chi connectivity index (χ2v) is 9.59. The minimum Gasteiger partial charge on any atom is -0.301 e. The molecule has 4 rings (SSSR count). The summed E-state index contributed by atoms with van der Waals surface area (Å²) in [6.07, 6.45) is 6.03. The summed E-state index contributed by atoms with van der Waals surface area (Å²) >= 11 is 4.26. The number of carbonyl (C=O) groups is 1. The van der Waals surface area contributed by atoms with Crippen molar-refractivity contribution in [2.24, 2.45) is 0 Å². The second kappa shape index (κ2) is 8.03. The molecule has 0 spiro atoms. The number of rotatable bonds is 5. The summed E-state index contributed by atoms with van der Waals surface area (Å²) in [4.78, 5) is 28.7. The lowest BCUT2D eigenvalue weighted by molar-refractivity contribution is -0.114. The number of amides is 1. The largest absolute Gasteiger partial charge is 0.301 e. The van der Waals surface area contributed by atoms with Gasteiger partial charge >= 0.3 is 0 Å². The number of anilines is 1. The van der Waals surface area contributed by atoms with Crippen LogP contribution in [0.1, 0.15) is 55.6 Å². The lowest BCUT2D eigenvalue weighted by atomic mass is 9.90. The molecule has 0 saturated heterocycles. The molecule has 3 aromatic heterocycles. The molecule has 0 atom stereocenters. The van der Waals surface area contributed by atoms with Gasteiger partial charge < -0.3 is 5.32 Å². The summed E-state index contributed by atoms with van der Waals surface area (Å²) in [6.45, 7) is 1.43. The molecule has 1 fully saturated rings. The van der Waals surface area contributed by atoms with E-state index in [1.54, 1.807) is 0 Å². The molecule has 1 N–H and O–H groups in total. The number of nitrogens with one attached hydrogen (secondary N) is 1. The molecule has 0 unspecified atom stereocenters. The molecule has 0 radical (unpaired) electrons. The molecule has 142 valence electrons.